The first kappa shape index (κ1) is 11.8. The summed E-state index contributed by atoms with van der Waals surface area (Å²) in [5.41, 5.74) is 0.968. The molecule has 3 aromatic rings. The Hall–Kier alpha value is -2.26. The maximum absolute atomic E-state index is 12.0. The molecule has 1 aromatic heterocycles. The van der Waals surface area contributed by atoms with Crippen LogP contribution in [0.3, 0.4) is 0 Å². The van der Waals surface area contributed by atoms with E-state index in [1.807, 2.05) is 0 Å². The topological polar surface area (TPSA) is 50.4 Å². The highest BCUT2D eigenvalue weighted by molar-refractivity contribution is 6.30. The van der Waals surface area contributed by atoms with Gasteiger partial charge in [-0.2, -0.15) is 0 Å². The van der Waals surface area contributed by atoms with Gasteiger partial charge in [-0.1, -0.05) is 11.6 Å². The minimum absolute atomic E-state index is 0.0592. The number of hydrogen-bond acceptors (Lipinski definition) is 3. The maximum Gasteiger partial charge on any atom is 0.193 e. The van der Waals surface area contributed by atoms with Gasteiger partial charge in [-0.25, -0.2) is 0 Å². The first-order chi connectivity index (χ1) is 9.13. The third kappa shape index (κ3) is 2.20. The molecule has 0 saturated carbocycles. The van der Waals surface area contributed by atoms with E-state index in [2.05, 4.69) is 0 Å². The third-order valence-electron chi connectivity index (χ3n) is 2.84. The Labute approximate surface area is 113 Å². The van der Waals surface area contributed by atoms with Crippen LogP contribution in [0.4, 0.5) is 0 Å². The lowest BCUT2D eigenvalue weighted by Crippen LogP contribution is -1.99. The molecule has 4 heteroatoms. The Morgan fingerprint density at radius 3 is 2.47 bits per heavy atom. The molecule has 3 nitrogen and oxygen atoms in total. The number of rotatable bonds is 1. The van der Waals surface area contributed by atoms with Crippen molar-refractivity contribution in [3.8, 4) is 17.1 Å². The molecule has 1 heterocycles. The number of fused-ring (bicyclic) bond motifs is 1. The van der Waals surface area contributed by atoms with Gasteiger partial charge in [0.05, 0.1) is 5.39 Å². The number of halogens is 1. The second-order valence-electron chi connectivity index (χ2n) is 4.16. The lowest BCUT2D eigenvalue weighted by atomic mass is 10.1. The van der Waals surface area contributed by atoms with Crippen molar-refractivity contribution >= 4 is 22.6 Å². The molecule has 0 radical (unpaired) electrons. The summed E-state index contributed by atoms with van der Waals surface area (Å²) < 4.78 is 5.65. The summed E-state index contributed by atoms with van der Waals surface area (Å²) in [5, 5.41) is 10.5. The molecule has 94 valence electrons. The van der Waals surface area contributed by atoms with Gasteiger partial charge in [-0.3, -0.25) is 4.79 Å². The zero-order valence-electron chi connectivity index (χ0n) is 9.76. The van der Waals surface area contributed by atoms with Crippen LogP contribution in [-0.2, 0) is 0 Å². The average Bonchev–Trinajstić information content (AvgIpc) is 2.38. The van der Waals surface area contributed by atoms with Crippen molar-refractivity contribution in [3.05, 3.63) is 63.8 Å². The molecule has 3 rings (SSSR count). The first-order valence-electron chi connectivity index (χ1n) is 5.66. The van der Waals surface area contributed by atoms with Gasteiger partial charge in [0.1, 0.15) is 17.1 Å². The van der Waals surface area contributed by atoms with E-state index in [4.69, 9.17) is 16.0 Å². The van der Waals surface area contributed by atoms with Gasteiger partial charge in [0.2, 0.25) is 0 Å². The molecule has 0 aliphatic heterocycles. The second-order valence-corrected chi connectivity index (χ2v) is 4.60. The molecule has 19 heavy (non-hydrogen) atoms. The molecule has 0 aliphatic rings. The summed E-state index contributed by atoms with van der Waals surface area (Å²) in [6.07, 6.45) is 0. The lowest BCUT2D eigenvalue weighted by Gasteiger charge is -2.03. The molecule has 0 aliphatic carbocycles. The Morgan fingerprint density at radius 2 is 1.74 bits per heavy atom. The Kier molecular flexibility index (Phi) is 2.76. The smallest absolute Gasteiger partial charge is 0.193 e. The summed E-state index contributed by atoms with van der Waals surface area (Å²) >= 11 is 5.82. The Bertz CT molecular complexity index is 804. The van der Waals surface area contributed by atoms with E-state index in [9.17, 15) is 9.90 Å². The highest BCUT2D eigenvalue weighted by atomic mass is 35.5. The predicted molar refractivity (Wildman–Crippen MR) is 74.6 cm³/mol. The summed E-state index contributed by atoms with van der Waals surface area (Å²) in [4.78, 5) is 12.0. The quantitative estimate of drug-likeness (QED) is 0.733. The van der Waals surface area contributed by atoms with Crippen LogP contribution >= 0.6 is 11.6 Å². The van der Waals surface area contributed by atoms with E-state index in [1.165, 1.54) is 18.2 Å². The number of hydrogen-bond donors (Lipinski definition) is 1. The average molecular weight is 273 g/mol. The monoisotopic (exact) mass is 272 g/mol. The molecule has 0 fully saturated rings. The summed E-state index contributed by atoms with van der Waals surface area (Å²) in [6.45, 7) is 0. The molecular weight excluding hydrogens is 264 g/mol. The number of aromatic hydroxyl groups is 1. The number of phenolic OH excluding ortho intramolecular Hbond substituents is 1. The fourth-order valence-corrected chi connectivity index (χ4v) is 2.03. The van der Waals surface area contributed by atoms with Crippen molar-refractivity contribution in [1.82, 2.24) is 0 Å². The number of phenols is 1. The molecule has 0 saturated heterocycles. The van der Waals surface area contributed by atoms with Crippen LogP contribution in [0, 0.1) is 0 Å². The highest BCUT2D eigenvalue weighted by Crippen LogP contribution is 2.25. The van der Waals surface area contributed by atoms with Gasteiger partial charge in [-0.05, 0) is 36.4 Å². The van der Waals surface area contributed by atoms with E-state index in [-0.39, 0.29) is 11.2 Å². The van der Waals surface area contributed by atoms with Crippen LogP contribution in [-0.4, -0.2) is 5.11 Å². The molecule has 1 N–H and O–H groups in total. The highest BCUT2D eigenvalue weighted by Gasteiger charge is 2.07. The Morgan fingerprint density at radius 1 is 1.00 bits per heavy atom. The van der Waals surface area contributed by atoms with E-state index >= 15 is 0 Å². The van der Waals surface area contributed by atoms with Crippen LogP contribution < -0.4 is 5.43 Å². The van der Waals surface area contributed by atoms with E-state index < -0.39 is 0 Å². The van der Waals surface area contributed by atoms with E-state index in [0.717, 1.165) is 5.56 Å². The first-order valence-corrected chi connectivity index (χ1v) is 6.04. The largest absolute Gasteiger partial charge is 0.508 e. The van der Waals surface area contributed by atoms with Gasteiger partial charge in [0, 0.05) is 22.7 Å². The Balaban J connectivity index is 2.25. The standard InChI is InChI=1S/C15H9ClO3/c16-10-3-1-9(2-4-10)14-8-13(18)12-6-5-11(17)7-15(12)19-14/h1-8,17H. The zero-order chi connectivity index (χ0) is 13.4. The summed E-state index contributed by atoms with van der Waals surface area (Å²) in [6, 6.07) is 12.9. The van der Waals surface area contributed by atoms with Gasteiger partial charge >= 0.3 is 0 Å². The van der Waals surface area contributed by atoms with Crippen molar-refractivity contribution in [3.63, 3.8) is 0 Å². The van der Waals surface area contributed by atoms with Crippen LogP contribution in [0.5, 0.6) is 5.75 Å². The zero-order valence-corrected chi connectivity index (χ0v) is 10.5. The lowest BCUT2D eigenvalue weighted by molar-refractivity contribution is 0.474. The van der Waals surface area contributed by atoms with Crippen LogP contribution in [0.2, 0.25) is 5.02 Å². The van der Waals surface area contributed by atoms with Crippen molar-refractivity contribution in [1.29, 1.82) is 0 Å². The van der Waals surface area contributed by atoms with Gasteiger partial charge in [0.15, 0.2) is 5.43 Å². The van der Waals surface area contributed by atoms with Crippen LogP contribution in [0.15, 0.2) is 57.7 Å². The number of benzene rings is 2. The van der Waals surface area contributed by atoms with Crippen LogP contribution in [0.25, 0.3) is 22.3 Å². The molecule has 0 unspecified atom stereocenters. The van der Waals surface area contributed by atoms with Crippen molar-refractivity contribution < 1.29 is 9.52 Å². The van der Waals surface area contributed by atoms with Crippen molar-refractivity contribution in [2.24, 2.45) is 0 Å². The van der Waals surface area contributed by atoms with Gasteiger partial charge < -0.3 is 9.52 Å². The molecular formula is C15H9ClO3. The molecule has 0 atom stereocenters. The molecule has 2 aromatic carbocycles. The van der Waals surface area contributed by atoms with Crippen molar-refractivity contribution in [2.75, 3.05) is 0 Å². The fourth-order valence-electron chi connectivity index (χ4n) is 1.90. The maximum atomic E-state index is 12.0. The molecule has 0 spiro atoms. The van der Waals surface area contributed by atoms with E-state index in [1.54, 1.807) is 30.3 Å². The third-order valence-corrected chi connectivity index (χ3v) is 3.09. The van der Waals surface area contributed by atoms with Gasteiger partial charge in [-0.15, -0.1) is 0 Å². The van der Waals surface area contributed by atoms with Crippen molar-refractivity contribution in [2.45, 2.75) is 0 Å². The normalized spacial score (nSPS) is 10.8. The predicted octanol–water partition coefficient (Wildman–Crippen LogP) is 3.82. The van der Waals surface area contributed by atoms with E-state index in [0.29, 0.717) is 21.8 Å². The second kappa shape index (κ2) is 4.44. The summed E-state index contributed by atoms with van der Waals surface area (Å²) in [5.74, 6) is 0.503. The van der Waals surface area contributed by atoms with Crippen LogP contribution in [0.1, 0.15) is 0 Å². The fraction of sp³-hybridized carbons (Fsp3) is 0. The molecule has 0 bridgehead atoms. The SMILES string of the molecule is O=c1cc(-c2ccc(Cl)cc2)oc2cc(O)ccc12. The minimum atomic E-state index is -0.147. The summed E-state index contributed by atoms with van der Waals surface area (Å²) in [7, 11) is 0. The molecule has 0 amide bonds. The van der Waals surface area contributed by atoms with Gasteiger partial charge in [0.25, 0.3) is 0 Å². The minimum Gasteiger partial charge on any atom is -0.508 e.